The van der Waals surface area contributed by atoms with Gasteiger partial charge in [-0.05, 0) is 117 Å². The van der Waals surface area contributed by atoms with Crippen molar-refractivity contribution in [2.45, 2.75) is 150 Å². The van der Waals surface area contributed by atoms with Crippen molar-refractivity contribution >= 4 is 120 Å². The Morgan fingerprint density at radius 3 is 1.63 bits per heavy atom. The second-order valence-corrected chi connectivity index (χ2v) is 27.6. The number of nitrogens with one attached hydrogen (secondary N) is 4. The first-order chi connectivity index (χ1) is 48.0. The lowest BCUT2D eigenvalue weighted by molar-refractivity contribution is 0.0422. The number of amides is 4. The maximum atomic E-state index is 12.8. The van der Waals surface area contributed by atoms with Gasteiger partial charge in [0.25, 0.3) is 0 Å². The number of unbranched alkanes of at least 4 members (excludes halogenated alkanes) is 13. The molecule has 0 bridgehead atoms. The van der Waals surface area contributed by atoms with Crippen LogP contribution in [0, 0.1) is 26.3 Å². The topological polar surface area (TPSA) is 230 Å². The molecule has 6 N–H and O–H groups in total. The number of hydrogen-bond donors (Lipinski definition) is 5. The number of ether oxygens (including phenoxy) is 2. The summed E-state index contributed by atoms with van der Waals surface area (Å²) in [7, 11) is 0. The summed E-state index contributed by atoms with van der Waals surface area (Å²) < 4.78 is 31.0. The molecule has 0 aliphatic carbocycles. The second-order valence-electron chi connectivity index (χ2n) is 23.3. The zero-order valence-corrected chi connectivity index (χ0v) is 61.6. The van der Waals surface area contributed by atoms with E-state index in [4.69, 9.17) is 49.2 Å². The number of rotatable bonds is 33. The molecular formula is C76H89Cl2N9O8S4. The maximum Gasteiger partial charge on any atom is 0.338 e. The van der Waals surface area contributed by atoms with Gasteiger partial charge >= 0.3 is 29.3 Å². The molecule has 0 spiro atoms. The van der Waals surface area contributed by atoms with Gasteiger partial charge in [0, 0.05) is 38.5 Å². The molecule has 0 fully saturated rings. The standard InChI is InChI=1S/C33H43Cl2N3O3S.C25H31N3O4S2.C10H7N3S.C8H8O/c1-3-5-7-9-10-12-14-24(13-11-8-6-4-2)22-41-31(39)25-15-18-27(19-16-25)36-32(40)38-33-37-30(23-42-33)26-17-20-28(34)29(35)21-26;1-3-4-5-6-7-8-17-31-21-15-11-20(12-16-21)23-18-33-25(26-23)27-24(29)28-34(30)32-22-13-9-19(2)10-14-22;1-12-8-4-2-7(3-5-8)9-6-14-10(11)13-9;1-7-2-4-8(6-9)5-3-7/h15-21,23-24H,3-14,22H2,1-2H3,(H2,36,37,38,40);9-16,18H,3-8,17H2,1-2H3,(H2,26,27,28,29);2-6H,(H2,11,13);2-6H,1H3. The van der Waals surface area contributed by atoms with Crippen LogP contribution in [0.25, 0.3) is 38.6 Å². The SMILES string of the molecule is CCCCCCCCC(CCCCCC)COC(=O)c1ccc(NC(=O)Nc2nc(-c3ccc(Cl)c(Cl)c3)cs2)cc1.CCCCCCCCOc1ccc(-c2csc(NC(=O)NS(=O)Oc3ccc(C)cc3)n2)cc1.Cc1ccc(C=O)cc1.[C-]#[N+]c1ccc(-c2csc(N)n2)cc1. The molecule has 2 unspecified atom stereocenters. The van der Waals surface area contributed by atoms with Crippen LogP contribution in [0.1, 0.15) is 168 Å². The molecule has 0 aliphatic heterocycles. The van der Waals surface area contributed by atoms with E-state index in [0.717, 1.165) is 77.1 Å². The van der Waals surface area contributed by atoms with Crippen LogP contribution in [0.5, 0.6) is 11.5 Å². The third-order valence-electron chi connectivity index (χ3n) is 15.2. The van der Waals surface area contributed by atoms with Crippen LogP contribution >= 0.6 is 57.2 Å². The molecule has 99 heavy (non-hydrogen) atoms. The Bertz CT molecular complexity index is 3920. The van der Waals surface area contributed by atoms with E-state index < -0.39 is 23.3 Å². The van der Waals surface area contributed by atoms with Crippen LogP contribution < -0.4 is 35.3 Å². The molecule has 2 atom stereocenters. The van der Waals surface area contributed by atoms with Gasteiger partial charge < -0.3 is 24.7 Å². The number of aldehydes is 1. The van der Waals surface area contributed by atoms with E-state index in [1.807, 2.05) is 109 Å². The Kier molecular flexibility index (Phi) is 36.3. The average molecular weight is 1460 g/mol. The van der Waals surface area contributed by atoms with Gasteiger partial charge in [-0.1, -0.05) is 218 Å². The van der Waals surface area contributed by atoms with Gasteiger partial charge in [-0.15, -0.1) is 34.0 Å². The number of nitrogens with zero attached hydrogens (tertiary/aromatic N) is 4. The Balaban J connectivity index is 0.000000238. The lowest BCUT2D eigenvalue weighted by Crippen LogP contribution is -2.32. The molecule has 4 amide bonds. The lowest BCUT2D eigenvalue weighted by Gasteiger charge is -2.17. The predicted octanol–water partition coefficient (Wildman–Crippen LogP) is 22.6. The number of anilines is 4. The zero-order valence-electron chi connectivity index (χ0n) is 56.8. The van der Waals surface area contributed by atoms with Gasteiger partial charge in [0.1, 0.15) is 17.8 Å². The van der Waals surface area contributed by atoms with Gasteiger partial charge in [-0.2, -0.15) is 4.21 Å². The number of nitrogen functional groups attached to an aromatic ring is 1. The fourth-order valence-electron chi connectivity index (χ4n) is 9.66. The highest BCUT2D eigenvalue weighted by Crippen LogP contribution is 2.32. The minimum Gasteiger partial charge on any atom is -0.494 e. The van der Waals surface area contributed by atoms with E-state index in [2.05, 4.69) is 61.2 Å². The van der Waals surface area contributed by atoms with E-state index in [1.54, 1.807) is 60.7 Å². The third-order valence-corrected chi connectivity index (χ3v) is 18.9. The van der Waals surface area contributed by atoms with Crippen LogP contribution in [0.3, 0.4) is 0 Å². The summed E-state index contributed by atoms with van der Waals surface area (Å²) in [5.41, 5.74) is 15.2. The van der Waals surface area contributed by atoms with Crippen molar-refractivity contribution in [3.8, 4) is 45.3 Å². The molecule has 3 heterocycles. The summed E-state index contributed by atoms with van der Waals surface area (Å²) in [6, 6.07) is 40.4. The van der Waals surface area contributed by atoms with Crippen molar-refractivity contribution in [1.29, 1.82) is 0 Å². The average Bonchev–Trinajstić information content (AvgIpc) is 1.77. The van der Waals surface area contributed by atoms with Crippen molar-refractivity contribution in [1.82, 2.24) is 19.7 Å². The van der Waals surface area contributed by atoms with E-state index in [9.17, 15) is 23.4 Å². The second kappa shape index (κ2) is 45.2. The lowest BCUT2D eigenvalue weighted by atomic mass is 9.95. The monoisotopic (exact) mass is 1450 g/mol. The summed E-state index contributed by atoms with van der Waals surface area (Å²) in [5.74, 6) is 1.32. The number of aryl methyl sites for hydroxylation is 2. The van der Waals surface area contributed by atoms with Gasteiger partial charge in [-0.25, -0.2) is 38.9 Å². The summed E-state index contributed by atoms with van der Waals surface area (Å²) in [4.78, 5) is 63.9. The molecule has 9 rings (SSSR count). The Morgan fingerprint density at radius 1 is 0.576 bits per heavy atom. The number of carbonyl (C=O) groups excluding carboxylic acids is 4. The number of aromatic nitrogens is 3. The summed E-state index contributed by atoms with van der Waals surface area (Å²) in [6.45, 7) is 18.6. The minimum atomic E-state index is -2.02. The molecule has 0 radical (unpaired) electrons. The highest BCUT2D eigenvalue weighted by atomic mass is 35.5. The first-order valence-electron chi connectivity index (χ1n) is 33.4. The molecule has 6 aromatic carbocycles. The third kappa shape index (κ3) is 30.7. The fourth-order valence-corrected chi connectivity index (χ4v) is 12.5. The summed E-state index contributed by atoms with van der Waals surface area (Å²) >= 11 is 14.1. The Labute approximate surface area is 607 Å². The van der Waals surface area contributed by atoms with Crippen molar-refractivity contribution in [2.24, 2.45) is 5.92 Å². The number of nitrogens with two attached hydrogens (primary N) is 1. The van der Waals surface area contributed by atoms with Gasteiger partial charge in [0.15, 0.2) is 21.1 Å². The first-order valence-corrected chi connectivity index (χ1v) is 37.9. The molecule has 23 heteroatoms. The molecular weight excluding hydrogens is 1370 g/mol. The quantitative estimate of drug-likeness (QED) is 0.0112. The van der Waals surface area contributed by atoms with Crippen molar-refractivity contribution in [3.63, 3.8) is 0 Å². The number of carbonyl (C=O) groups is 4. The van der Waals surface area contributed by atoms with Crippen LogP contribution in [-0.4, -0.2) is 56.7 Å². The number of esters is 1. The molecule has 17 nitrogen and oxygen atoms in total. The molecule has 0 saturated carbocycles. The van der Waals surface area contributed by atoms with E-state index in [-0.39, 0.29) is 5.97 Å². The van der Waals surface area contributed by atoms with Gasteiger partial charge in [0.05, 0.1) is 52.5 Å². The first kappa shape index (κ1) is 79.5. The highest BCUT2D eigenvalue weighted by molar-refractivity contribution is 7.79. The van der Waals surface area contributed by atoms with E-state index in [1.165, 1.54) is 136 Å². The number of benzene rings is 6. The van der Waals surface area contributed by atoms with Crippen molar-refractivity contribution in [2.75, 3.05) is 34.9 Å². The largest absolute Gasteiger partial charge is 0.494 e. The maximum absolute atomic E-state index is 12.8. The normalized spacial score (nSPS) is 11.1. The van der Waals surface area contributed by atoms with Gasteiger partial charge in [-0.3, -0.25) is 15.4 Å². The summed E-state index contributed by atoms with van der Waals surface area (Å²) in [6.07, 6.45) is 23.0. The molecule has 9 aromatic rings. The van der Waals surface area contributed by atoms with Crippen LogP contribution in [0.2, 0.25) is 10.0 Å². The molecule has 524 valence electrons. The summed E-state index contributed by atoms with van der Waals surface area (Å²) in [5, 5.41) is 16.0. The van der Waals surface area contributed by atoms with Crippen molar-refractivity contribution < 1.29 is 37.0 Å². The molecule has 0 aliphatic rings. The Morgan fingerprint density at radius 2 is 1.07 bits per heavy atom. The fraction of sp³-hybridized carbons (Fsp3) is 0.342. The van der Waals surface area contributed by atoms with Crippen LogP contribution in [0.15, 0.2) is 156 Å². The molecule has 3 aromatic heterocycles. The van der Waals surface area contributed by atoms with E-state index in [0.29, 0.717) is 66.3 Å². The Hall–Kier alpha value is -8.49. The van der Waals surface area contributed by atoms with Crippen molar-refractivity contribution in [3.05, 3.63) is 199 Å². The smallest absolute Gasteiger partial charge is 0.338 e. The number of hydrogen-bond acceptors (Lipinski definition) is 15. The minimum absolute atomic E-state index is 0.329. The number of thiazole rings is 3. The van der Waals surface area contributed by atoms with E-state index >= 15 is 0 Å². The highest BCUT2D eigenvalue weighted by Gasteiger charge is 2.17. The van der Waals surface area contributed by atoms with Gasteiger partial charge in [0.2, 0.25) is 0 Å². The van der Waals surface area contributed by atoms with Crippen LogP contribution in [0.4, 0.5) is 36.4 Å². The number of urea groups is 2. The number of halogens is 2. The van der Waals surface area contributed by atoms with Crippen LogP contribution in [-0.2, 0) is 16.0 Å². The zero-order chi connectivity index (χ0) is 71.0. The predicted molar refractivity (Wildman–Crippen MR) is 410 cm³/mol. The molecule has 0 saturated heterocycles.